The maximum Gasteiger partial charge on any atom is 0.412 e. The lowest BCUT2D eigenvalue weighted by Gasteiger charge is -2.38. The van der Waals surface area contributed by atoms with Crippen molar-refractivity contribution in [2.75, 3.05) is 20.3 Å². The first-order valence-electron chi connectivity index (χ1n) is 17.9. The summed E-state index contributed by atoms with van der Waals surface area (Å²) in [5.74, 6) is -0.628. The summed E-state index contributed by atoms with van der Waals surface area (Å²) in [5, 5.41) is 8.72. The minimum atomic E-state index is -1.02. The van der Waals surface area contributed by atoms with Crippen LogP contribution in [0.25, 0.3) is 10.9 Å². The number of hydrogen-bond acceptors (Lipinski definition) is 8. The number of aromatic nitrogens is 2. The van der Waals surface area contributed by atoms with Crippen LogP contribution >= 0.6 is 0 Å². The van der Waals surface area contributed by atoms with Crippen LogP contribution in [0, 0.1) is 17.3 Å². The SMILES string of the molecule is CCCCC(C)(C)C(=O)NC[C@@H]1OC(C)(C)N(C(=O)OC(C)(C)C)[C@H]1C[C@@H](C(C)C)C(OC(C)=O)c1ccc2cnn(CCCOC)c2c1. The Hall–Kier alpha value is -3.18. The van der Waals surface area contributed by atoms with Crippen molar-refractivity contribution in [3.63, 3.8) is 0 Å². The number of aryl methyl sites for hydroxylation is 1. The molecule has 2 heterocycles. The first-order valence-corrected chi connectivity index (χ1v) is 17.9. The van der Waals surface area contributed by atoms with Gasteiger partial charge in [-0.05, 0) is 71.4 Å². The molecule has 1 fully saturated rings. The van der Waals surface area contributed by atoms with E-state index in [1.165, 1.54) is 6.92 Å². The van der Waals surface area contributed by atoms with Crippen LogP contribution in [0.4, 0.5) is 4.79 Å². The van der Waals surface area contributed by atoms with Gasteiger partial charge in [0, 0.05) is 50.4 Å². The summed E-state index contributed by atoms with van der Waals surface area (Å²) < 4.78 is 25.9. The fourth-order valence-electron chi connectivity index (χ4n) is 6.74. The molecule has 0 bridgehead atoms. The average molecular weight is 687 g/mol. The number of fused-ring (bicyclic) bond motifs is 1. The molecular formula is C38H62N4O7. The Kier molecular flexibility index (Phi) is 13.7. The Labute approximate surface area is 293 Å². The highest BCUT2D eigenvalue weighted by Gasteiger charge is 2.52. The summed E-state index contributed by atoms with van der Waals surface area (Å²) in [6.45, 7) is 22.4. The van der Waals surface area contributed by atoms with E-state index in [-0.39, 0.29) is 24.3 Å². The van der Waals surface area contributed by atoms with Gasteiger partial charge in [-0.15, -0.1) is 0 Å². The molecule has 11 heteroatoms. The third-order valence-corrected chi connectivity index (χ3v) is 9.37. The number of carbonyl (C=O) groups excluding carboxylic acids is 3. The summed E-state index contributed by atoms with van der Waals surface area (Å²) in [5.41, 5.74) is -0.501. The fraction of sp³-hybridized carbons (Fsp3) is 0.737. The zero-order valence-electron chi connectivity index (χ0n) is 32.1. The molecule has 0 saturated carbocycles. The van der Waals surface area contributed by atoms with E-state index in [9.17, 15) is 14.4 Å². The van der Waals surface area contributed by atoms with Crippen molar-refractivity contribution in [2.45, 2.75) is 144 Å². The molecule has 1 aromatic carbocycles. The monoisotopic (exact) mass is 686 g/mol. The third-order valence-electron chi connectivity index (χ3n) is 9.37. The van der Waals surface area contributed by atoms with Gasteiger partial charge in [0.05, 0.1) is 23.9 Å². The van der Waals surface area contributed by atoms with Crippen molar-refractivity contribution in [1.29, 1.82) is 0 Å². The highest BCUT2D eigenvalue weighted by atomic mass is 16.6. The molecule has 1 aliphatic rings. The Morgan fingerprint density at radius 3 is 2.39 bits per heavy atom. The van der Waals surface area contributed by atoms with Crippen LogP contribution in [0.5, 0.6) is 0 Å². The number of benzene rings is 1. The van der Waals surface area contributed by atoms with Crippen LogP contribution < -0.4 is 5.32 Å². The Morgan fingerprint density at radius 1 is 1.10 bits per heavy atom. The summed E-state index contributed by atoms with van der Waals surface area (Å²) >= 11 is 0. The van der Waals surface area contributed by atoms with E-state index in [1.54, 1.807) is 12.0 Å². The van der Waals surface area contributed by atoms with Gasteiger partial charge in [0.25, 0.3) is 0 Å². The van der Waals surface area contributed by atoms with Crippen LogP contribution in [0.1, 0.15) is 120 Å². The van der Waals surface area contributed by atoms with E-state index in [1.807, 2.05) is 71.5 Å². The number of amides is 2. The number of rotatable bonds is 16. The highest BCUT2D eigenvalue weighted by molar-refractivity contribution is 5.82. The maximum absolute atomic E-state index is 13.9. The molecule has 3 rings (SSSR count). The molecule has 1 N–H and O–H groups in total. The highest BCUT2D eigenvalue weighted by Crippen LogP contribution is 2.42. The van der Waals surface area contributed by atoms with E-state index in [4.69, 9.17) is 18.9 Å². The number of methoxy groups -OCH3 is 1. The molecule has 49 heavy (non-hydrogen) atoms. The molecule has 1 saturated heterocycles. The molecule has 0 aliphatic carbocycles. The Bertz CT molecular complexity index is 1410. The van der Waals surface area contributed by atoms with Gasteiger partial charge in [0.15, 0.2) is 0 Å². The van der Waals surface area contributed by atoms with Crippen LogP contribution in [-0.4, -0.2) is 76.4 Å². The number of nitrogens with one attached hydrogen (secondary N) is 1. The number of unbranched alkanes of at least 4 members (excludes halogenated alkanes) is 1. The van der Waals surface area contributed by atoms with Crippen LogP contribution in [-0.2, 0) is 35.1 Å². The second-order valence-corrected chi connectivity index (χ2v) is 15.9. The van der Waals surface area contributed by atoms with Gasteiger partial charge >= 0.3 is 12.1 Å². The molecule has 0 spiro atoms. The van der Waals surface area contributed by atoms with Gasteiger partial charge < -0.3 is 24.3 Å². The normalized spacial score (nSPS) is 19.2. The van der Waals surface area contributed by atoms with Crippen LogP contribution in [0.15, 0.2) is 24.4 Å². The third kappa shape index (κ3) is 10.7. The van der Waals surface area contributed by atoms with E-state index in [0.29, 0.717) is 19.6 Å². The van der Waals surface area contributed by atoms with Crippen molar-refractivity contribution < 1.29 is 33.3 Å². The molecule has 276 valence electrons. The number of carbonyl (C=O) groups is 3. The largest absolute Gasteiger partial charge is 0.457 e. The van der Waals surface area contributed by atoms with Crippen molar-refractivity contribution in [1.82, 2.24) is 20.0 Å². The summed E-state index contributed by atoms with van der Waals surface area (Å²) in [7, 11) is 1.68. The molecule has 0 radical (unpaired) electrons. The summed E-state index contributed by atoms with van der Waals surface area (Å²) in [4.78, 5) is 41.7. The number of ether oxygens (including phenoxy) is 4. The molecule has 1 unspecified atom stereocenters. The predicted molar refractivity (Wildman–Crippen MR) is 191 cm³/mol. The molecule has 2 aromatic rings. The number of esters is 1. The fourth-order valence-corrected chi connectivity index (χ4v) is 6.74. The Balaban J connectivity index is 2.04. The van der Waals surface area contributed by atoms with E-state index < -0.39 is 47.1 Å². The summed E-state index contributed by atoms with van der Waals surface area (Å²) in [6, 6.07) is 5.56. The zero-order chi connectivity index (χ0) is 36.7. The van der Waals surface area contributed by atoms with E-state index in [2.05, 4.69) is 37.3 Å². The lowest BCUT2D eigenvalue weighted by molar-refractivity contribution is -0.151. The van der Waals surface area contributed by atoms with Gasteiger partial charge in [-0.2, -0.15) is 5.10 Å². The quantitative estimate of drug-likeness (QED) is 0.143. The van der Waals surface area contributed by atoms with Gasteiger partial charge in [-0.3, -0.25) is 19.2 Å². The summed E-state index contributed by atoms with van der Waals surface area (Å²) in [6.07, 6.45) is 4.18. The van der Waals surface area contributed by atoms with Gasteiger partial charge in [-0.25, -0.2) is 4.79 Å². The minimum Gasteiger partial charge on any atom is -0.457 e. The second kappa shape index (κ2) is 16.7. The topological polar surface area (TPSA) is 121 Å². The first-order chi connectivity index (χ1) is 22.8. The van der Waals surface area contributed by atoms with Crippen molar-refractivity contribution in [3.8, 4) is 0 Å². The van der Waals surface area contributed by atoms with Crippen molar-refractivity contribution in [2.24, 2.45) is 17.3 Å². The van der Waals surface area contributed by atoms with Gasteiger partial charge in [0.1, 0.15) is 17.4 Å². The minimum absolute atomic E-state index is 0.0408. The standard InChI is InChI=1S/C38H62N4O7/c1-13-14-18-37(8,9)34(44)39-24-32-31(42(38(10,11)48-32)35(45)49-36(5,6)7)22-29(25(2)3)33(47-26(4)43)27-16-17-28-23-40-41(30(28)21-27)19-15-20-46-12/h16-17,21,23,25,29,31-33H,13-15,18-20,22,24H2,1-12H3,(H,39,44)/t29-,31-,32-,33?/m0/s1. The van der Waals surface area contributed by atoms with Gasteiger partial charge in [0.2, 0.25) is 5.91 Å². The molecule has 2 amide bonds. The van der Waals surface area contributed by atoms with E-state index in [0.717, 1.165) is 42.1 Å². The molecule has 1 aliphatic heterocycles. The number of nitrogens with zero attached hydrogens (tertiary/aromatic N) is 3. The molecule has 11 nitrogen and oxygen atoms in total. The smallest absolute Gasteiger partial charge is 0.412 e. The van der Waals surface area contributed by atoms with Crippen LogP contribution in [0.3, 0.4) is 0 Å². The van der Waals surface area contributed by atoms with E-state index >= 15 is 0 Å². The molecule has 1 aromatic heterocycles. The predicted octanol–water partition coefficient (Wildman–Crippen LogP) is 7.41. The van der Waals surface area contributed by atoms with Crippen LogP contribution in [0.2, 0.25) is 0 Å². The lowest BCUT2D eigenvalue weighted by Crippen LogP contribution is -2.52. The molecular weight excluding hydrogens is 624 g/mol. The lowest BCUT2D eigenvalue weighted by atomic mass is 9.80. The first kappa shape index (κ1) is 40.3. The van der Waals surface area contributed by atoms with Gasteiger partial charge in [-0.1, -0.05) is 59.6 Å². The second-order valence-electron chi connectivity index (χ2n) is 15.9. The zero-order valence-corrected chi connectivity index (χ0v) is 32.1. The number of hydrogen-bond donors (Lipinski definition) is 1. The van der Waals surface area contributed by atoms with Crippen molar-refractivity contribution >= 4 is 28.9 Å². The maximum atomic E-state index is 13.9. The molecule has 4 atom stereocenters. The Morgan fingerprint density at radius 2 is 1.80 bits per heavy atom. The average Bonchev–Trinajstić information content (AvgIpc) is 3.51. The van der Waals surface area contributed by atoms with Crippen molar-refractivity contribution in [3.05, 3.63) is 30.0 Å².